The molecule has 0 unspecified atom stereocenters. The molecule has 0 fully saturated rings. The van der Waals surface area contributed by atoms with Gasteiger partial charge < -0.3 is 15.7 Å². The number of nitrogens with two attached hydrogens (primary N) is 1. The van der Waals surface area contributed by atoms with Gasteiger partial charge in [-0.2, -0.15) is 0 Å². The number of thiazole rings is 1. The number of aromatic nitrogens is 3. The number of primary amides is 1. The van der Waals surface area contributed by atoms with Gasteiger partial charge in [0.2, 0.25) is 0 Å². The van der Waals surface area contributed by atoms with Crippen LogP contribution in [0, 0.1) is 0 Å². The minimum absolute atomic E-state index is 0.248. The fourth-order valence-corrected chi connectivity index (χ4v) is 2.49. The summed E-state index contributed by atoms with van der Waals surface area (Å²) in [6.07, 6.45) is 0. The summed E-state index contributed by atoms with van der Waals surface area (Å²) in [4.78, 5) is 31.6. The molecule has 7 heteroatoms. The van der Waals surface area contributed by atoms with Crippen molar-refractivity contribution in [1.29, 1.82) is 0 Å². The Hall–Kier alpha value is -2.41. The molecule has 1 aromatic carbocycles. The highest BCUT2D eigenvalue weighted by Gasteiger charge is 2.09. The quantitative estimate of drug-likeness (QED) is 0.642. The number of fused-ring (bicyclic) bond motifs is 1. The van der Waals surface area contributed by atoms with Crippen LogP contribution in [0.3, 0.4) is 0 Å². The Morgan fingerprint density at radius 1 is 1.28 bits per heavy atom. The Kier molecular flexibility index (Phi) is 2.27. The third-order valence-electron chi connectivity index (χ3n) is 2.52. The first-order valence-corrected chi connectivity index (χ1v) is 5.99. The van der Waals surface area contributed by atoms with Gasteiger partial charge >= 0.3 is 5.69 Å². The van der Waals surface area contributed by atoms with Crippen LogP contribution in [0.4, 0.5) is 0 Å². The lowest BCUT2D eigenvalue weighted by molar-refractivity contribution is 0.0996. The summed E-state index contributed by atoms with van der Waals surface area (Å²) in [7, 11) is 0. The molecule has 0 bridgehead atoms. The van der Waals surface area contributed by atoms with E-state index in [2.05, 4.69) is 15.0 Å². The van der Waals surface area contributed by atoms with Crippen molar-refractivity contribution in [3.05, 3.63) is 39.8 Å². The van der Waals surface area contributed by atoms with Crippen LogP contribution in [0.2, 0.25) is 0 Å². The third kappa shape index (κ3) is 1.70. The zero-order valence-corrected chi connectivity index (χ0v) is 9.88. The van der Waals surface area contributed by atoms with Gasteiger partial charge in [0.25, 0.3) is 5.91 Å². The maximum absolute atomic E-state index is 11.1. The molecule has 2 heterocycles. The number of H-pyrrole nitrogens is 2. The van der Waals surface area contributed by atoms with Gasteiger partial charge in [-0.1, -0.05) is 0 Å². The summed E-state index contributed by atoms with van der Waals surface area (Å²) in [5.74, 6) is -0.548. The van der Waals surface area contributed by atoms with Crippen molar-refractivity contribution in [1.82, 2.24) is 15.0 Å². The summed E-state index contributed by atoms with van der Waals surface area (Å²) in [5, 5.41) is 2.30. The summed E-state index contributed by atoms with van der Waals surface area (Å²) in [5.41, 5.74) is 7.41. The number of nitrogens with zero attached hydrogens (tertiary/aromatic N) is 1. The minimum Gasteiger partial charge on any atom is -0.364 e. The highest BCUT2D eigenvalue weighted by molar-refractivity contribution is 7.13. The number of aromatic amines is 2. The largest absolute Gasteiger partial charge is 0.364 e. The van der Waals surface area contributed by atoms with Crippen molar-refractivity contribution in [2.24, 2.45) is 5.73 Å². The van der Waals surface area contributed by atoms with Gasteiger partial charge in [0.1, 0.15) is 10.7 Å². The molecule has 0 spiro atoms. The molecule has 4 N–H and O–H groups in total. The molecule has 6 nitrogen and oxygen atoms in total. The SMILES string of the molecule is NC(=O)c1csc(-c2ccc3[nH]c(=O)[nH]c3c2)n1. The highest BCUT2D eigenvalue weighted by Crippen LogP contribution is 2.25. The van der Waals surface area contributed by atoms with Crippen molar-refractivity contribution in [3.63, 3.8) is 0 Å². The Morgan fingerprint density at radius 3 is 2.78 bits per heavy atom. The predicted molar refractivity (Wildman–Crippen MR) is 68.5 cm³/mol. The molecule has 0 aliphatic carbocycles. The molecular formula is C11H8N4O2S. The first-order valence-electron chi connectivity index (χ1n) is 5.11. The van der Waals surface area contributed by atoms with Crippen LogP contribution in [0.15, 0.2) is 28.4 Å². The minimum atomic E-state index is -0.548. The van der Waals surface area contributed by atoms with Gasteiger partial charge in [0.05, 0.1) is 11.0 Å². The summed E-state index contributed by atoms with van der Waals surface area (Å²) < 4.78 is 0. The highest BCUT2D eigenvalue weighted by atomic mass is 32.1. The average Bonchev–Trinajstić information content (AvgIpc) is 2.91. The van der Waals surface area contributed by atoms with Crippen LogP contribution in [-0.2, 0) is 0 Å². The molecule has 0 saturated heterocycles. The van der Waals surface area contributed by atoms with Crippen LogP contribution in [0.5, 0.6) is 0 Å². The topological polar surface area (TPSA) is 105 Å². The van der Waals surface area contributed by atoms with Crippen LogP contribution in [0.1, 0.15) is 10.5 Å². The molecule has 1 amide bonds. The third-order valence-corrected chi connectivity index (χ3v) is 3.41. The smallest absolute Gasteiger partial charge is 0.323 e. The Labute approximate surface area is 104 Å². The molecule has 0 radical (unpaired) electrons. The molecule has 18 heavy (non-hydrogen) atoms. The van der Waals surface area contributed by atoms with E-state index in [0.29, 0.717) is 10.5 Å². The molecule has 0 saturated carbocycles. The molecule has 0 aliphatic heterocycles. The average molecular weight is 260 g/mol. The molecule has 2 aromatic heterocycles. The molecule has 0 atom stereocenters. The van der Waals surface area contributed by atoms with Crippen LogP contribution < -0.4 is 11.4 Å². The fourth-order valence-electron chi connectivity index (χ4n) is 1.69. The first kappa shape index (κ1) is 10.7. The second-order valence-corrected chi connectivity index (χ2v) is 4.60. The van der Waals surface area contributed by atoms with E-state index in [0.717, 1.165) is 11.1 Å². The van der Waals surface area contributed by atoms with Crippen LogP contribution >= 0.6 is 11.3 Å². The summed E-state index contributed by atoms with van der Waals surface area (Å²) >= 11 is 1.33. The van der Waals surface area contributed by atoms with Gasteiger partial charge in [-0.15, -0.1) is 11.3 Å². The number of benzene rings is 1. The van der Waals surface area contributed by atoms with Gasteiger partial charge in [0, 0.05) is 10.9 Å². The van der Waals surface area contributed by atoms with E-state index in [4.69, 9.17) is 5.73 Å². The van der Waals surface area contributed by atoms with Crippen molar-refractivity contribution in [2.75, 3.05) is 0 Å². The van der Waals surface area contributed by atoms with Crippen molar-refractivity contribution in [2.45, 2.75) is 0 Å². The monoisotopic (exact) mass is 260 g/mol. The number of carbonyl (C=O) groups excluding carboxylic acids is 1. The van der Waals surface area contributed by atoms with E-state index in [1.807, 2.05) is 6.07 Å². The Balaban J connectivity index is 2.12. The van der Waals surface area contributed by atoms with Crippen molar-refractivity contribution < 1.29 is 4.79 Å². The molecule has 90 valence electrons. The molecule has 0 aliphatic rings. The second-order valence-electron chi connectivity index (χ2n) is 3.74. The molecule has 3 rings (SSSR count). The van der Waals surface area contributed by atoms with Gasteiger partial charge in [-0.3, -0.25) is 4.79 Å². The number of imidazole rings is 1. The van der Waals surface area contributed by atoms with Gasteiger partial charge in [0.15, 0.2) is 0 Å². The molecule has 3 aromatic rings. The van der Waals surface area contributed by atoms with Crippen LogP contribution in [-0.4, -0.2) is 20.9 Å². The van der Waals surface area contributed by atoms with Gasteiger partial charge in [-0.25, -0.2) is 9.78 Å². The lowest BCUT2D eigenvalue weighted by atomic mass is 10.2. The number of hydrogen-bond acceptors (Lipinski definition) is 4. The number of amides is 1. The normalized spacial score (nSPS) is 10.9. The zero-order valence-electron chi connectivity index (χ0n) is 9.06. The maximum Gasteiger partial charge on any atom is 0.323 e. The van der Waals surface area contributed by atoms with E-state index in [1.165, 1.54) is 11.3 Å². The first-order chi connectivity index (χ1) is 8.63. The van der Waals surface area contributed by atoms with E-state index >= 15 is 0 Å². The zero-order chi connectivity index (χ0) is 12.7. The van der Waals surface area contributed by atoms with E-state index in [9.17, 15) is 9.59 Å². The lowest BCUT2D eigenvalue weighted by Crippen LogP contribution is -2.10. The predicted octanol–water partition coefficient (Wildman–Crippen LogP) is 1.08. The maximum atomic E-state index is 11.1. The second kappa shape index (κ2) is 3.81. The van der Waals surface area contributed by atoms with Crippen molar-refractivity contribution in [3.8, 4) is 10.6 Å². The summed E-state index contributed by atoms with van der Waals surface area (Å²) in [6, 6.07) is 5.42. The number of nitrogens with one attached hydrogen (secondary N) is 2. The van der Waals surface area contributed by atoms with Crippen LogP contribution in [0.25, 0.3) is 21.6 Å². The standard InChI is InChI=1S/C11H8N4O2S/c12-9(16)8-4-18-10(13-8)5-1-2-6-7(3-5)15-11(17)14-6/h1-4H,(H2,12,16)(H2,14,15,17). The summed E-state index contributed by atoms with van der Waals surface area (Å²) in [6.45, 7) is 0. The Bertz CT molecular complexity index is 799. The lowest BCUT2D eigenvalue weighted by Gasteiger charge is -1.95. The fraction of sp³-hybridized carbons (Fsp3) is 0. The number of hydrogen-bond donors (Lipinski definition) is 3. The molecular weight excluding hydrogens is 252 g/mol. The van der Waals surface area contributed by atoms with E-state index in [1.54, 1.807) is 17.5 Å². The Morgan fingerprint density at radius 2 is 2.06 bits per heavy atom. The van der Waals surface area contributed by atoms with Gasteiger partial charge in [-0.05, 0) is 18.2 Å². The van der Waals surface area contributed by atoms with E-state index in [-0.39, 0.29) is 11.4 Å². The van der Waals surface area contributed by atoms with Crippen molar-refractivity contribution >= 4 is 28.3 Å². The number of carbonyl (C=O) groups is 1. The number of rotatable bonds is 2. The van der Waals surface area contributed by atoms with E-state index < -0.39 is 5.91 Å².